The lowest BCUT2D eigenvalue weighted by molar-refractivity contribution is -0.124. The van der Waals surface area contributed by atoms with Crippen molar-refractivity contribution in [3.63, 3.8) is 0 Å². The second-order valence-corrected chi connectivity index (χ2v) is 6.58. The Hall–Kier alpha value is -3.61. The van der Waals surface area contributed by atoms with E-state index in [0.717, 1.165) is 11.2 Å². The molecule has 1 unspecified atom stereocenters. The Labute approximate surface area is 161 Å². The molecule has 2 amide bonds. The Morgan fingerprint density at radius 1 is 1.18 bits per heavy atom. The number of Topliss-reactive ketones (excluding diaryl/α,β-unsaturated/α-hetero) is 1. The molecule has 2 N–H and O–H groups in total. The van der Waals surface area contributed by atoms with E-state index in [4.69, 9.17) is 4.74 Å². The van der Waals surface area contributed by atoms with Crippen LogP contribution in [-0.2, 0) is 9.59 Å². The van der Waals surface area contributed by atoms with Gasteiger partial charge in [-0.1, -0.05) is 18.2 Å². The van der Waals surface area contributed by atoms with E-state index >= 15 is 0 Å². The van der Waals surface area contributed by atoms with Crippen LogP contribution in [0.15, 0.2) is 54.7 Å². The minimum absolute atomic E-state index is 0.215. The summed E-state index contributed by atoms with van der Waals surface area (Å²) in [5.41, 5.74) is 1.75. The SMILES string of the molecule is COc1ccc2[nH]cc(C(=O)C(=O)NC3CCN(c4ccccc4)C3=O)c2c1. The van der Waals surface area contributed by atoms with E-state index in [9.17, 15) is 14.4 Å². The van der Waals surface area contributed by atoms with Crippen LogP contribution >= 0.6 is 0 Å². The van der Waals surface area contributed by atoms with Crippen LogP contribution in [0.25, 0.3) is 10.9 Å². The number of anilines is 1. The minimum Gasteiger partial charge on any atom is -0.497 e. The lowest BCUT2D eigenvalue weighted by Crippen LogP contribution is -2.44. The van der Waals surface area contributed by atoms with Gasteiger partial charge in [-0.25, -0.2) is 0 Å². The lowest BCUT2D eigenvalue weighted by atomic mass is 10.1. The molecule has 1 fully saturated rings. The summed E-state index contributed by atoms with van der Waals surface area (Å²) in [6.07, 6.45) is 1.95. The predicted molar refractivity (Wildman–Crippen MR) is 105 cm³/mol. The Balaban J connectivity index is 1.50. The highest BCUT2D eigenvalue weighted by Crippen LogP contribution is 2.25. The van der Waals surface area contributed by atoms with Crippen LogP contribution in [0.5, 0.6) is 5.75 Å². The van der Waals surface area contributed by atoms with Crippen LogP contribution in [0, 0.1) is 0 Å². The van der Waals surface area contributed by atoms with Crippen LogP contribution in [0.3, 0.4) is 0 Å². The predicted octanol–water partition coefficient (Wildman–Crippen LogP) is 2.28. The number of ketones is 1. The fraction of sp³-hybridized carbons (Fsp3) is 0.190. The summed E-state index contributed by atoms with van der Waals surface area (Å²) in [6.45, 7) is 0.492. The highest BCUT2D eigenvalue weighted by atomic mass is 16.5. The van der Waals surface area contributed by atoms with Gasteiger partial charge in [0.1, 0.15) is 11.8 Å². The van der Waals surface area contributed by atoms with Gasteiger partial charge in [-0.2, -0.15) is 0 Å². The lowest BCUT2D eigenvalue weighted by Gasteiger charge is -2.17. The molecule has 7 nitrogen and oxygen atoms in total. The number of rotatable bonds is 5. The molecular weight excluding hydrogens is 358 g/mol. The highest BCUT2D eigenvalue weighted by Gasteiger charge is 2.35. The van der Waals surface area contributed by atoms with E-state index in [2.05, 4.69) is 10.3 Å². The molecule has 142 valence electrons. The van der Waals surface area contributed by atoms with Crippen LogP contribution in [0.4, 0.5) is 5.69 Å². The molecule has 1 atom stereocenters. The molecule has 3 aromatic rings. The fourth-order valence-electron chi connectivity index (χ4n) is 3.44. The van der Waals surface area contributed by atoms with Crippen LogP contribution < -0.4 is 15.0 Å². The van der Waals surface area contributed by atoms with Crippen molar-refractivity contribution in [2.75, 3.05) is 18.6 Å². The van der Waals surface area contributed by atoms with Crippen LogP contribution in [-0.4, -0.2) is 42.3 Å². The van der Waals surface area contributed by atoms with E-state index in [1.54, 1.807) is 23.1 Å². The van der Waals surface area contributed by atoms with Gasteiger partial charge in [0, 0.05) is 29.3 Å². The second kappa shape index (κ2) is 7.19. The summed E-state index contributed by atoms with van der Waals surface area (Å²) >= 11 is 0. The first-order chi connectivity index (χ1) is 13.6. The van der Waals surface area contributed by atoms with E-state index in [-0.39, 0.29) is 11.5 Å². The maximum absolute atomic E-state index is 12.7. The number of benzene rings is 2. The number of nitrogens with zero attached hydrogens (tertiary/aromatic N) is 1. The first kappa shape index (κ1) is 17.8. The van der Waals surface area contributed by atoms with Gasteiger partial charge in [-0.3, -0.25) is 14.4 Å². The molecule has 1 aromatic heterocycles. The number of nitrogens with one attached hydrogen (secondary N) is 2. The van der Waals surface area contributed by atoms with Gasteiger partial charge in [0.25, 0.3) is 11.7 Å². The fourth-order valence-corrected chi connectivity index (χ4v) is 3.44. The van der Waals surface area contributed by atoms with Crippen LogP contribution in [0.2, 0.25) is 0 Å². The van der Waals surface area contributed by atoms with E-state index in [0.29, 0.717) is 24.1 Å². The zero-order valence-electron chi connectivity index (χ0n) is 15.3. The van der Waals surface area contributed by atoms with Crippen molar-refractivity contribution in [3.8, 4) is 5.75 Å². The number of para-hydroxylation sites is 1. The number of hydrogen-bond donors (Lipinski definition) is 2. The quantitative estimate of drug-likeness (QED) is 0.527. The van der Waals surface area contributed by atoms with Crippen molar-refractivity contribution in [2.45, 2.75) is 12.5 Å². The number of carbonyl (C=O) groups excluding carboxylic acids is 3. The third-order valence-electron chi connectivity index (χ3n) is 4.92. The molecule has 0 bridgehead atoms. The Bertz CT molecular complexity index is 1060. The summed E-state index contributed by atoms with van der Waals surface area (Å²) in [5, 5.41) is 3.19. The van der Waals surface area contributed by atoms with Gasteiger partial charge in [-0.15, -0.1) is 0 Å². The number of ether oxygens (including phenoxy) is 1. The molecule has 0 radical (unpaired) electrons. The number of hydrogen-bond acceptors (Lipinski definition) is 4. The average molecular weight is 377 g/mol. The van der Waals surface area contributed by atoms with Gasteiger partial charge in [0.15, 0.2) is 0 Å². The molecule has 1 aliphatic heterocycles. The summed E-state index contributed by atoms with van der Waals surface area (Å²) in [6, 6.07) is 13.8. The number of H-pyrrole nitrogens is 1. The van der Waals surface area contributed by atoms with Crippen molar-refractivity contribution >= 4 is 34.2 Å². The zero-order valence-corrected chi connectivity index (χ0v) is 15.3. The third kappa shape index (κ3) is 3.11. The van der Waals surface area contributed by atoms with Gasteiger partial charge in [0.2, 0.25) is 5.91 Å². The second-order valence-electron chi connectivity index (χ2n) is 6.58. The molecule has 2 aromatic carbocycles. The third-order valence-corrected chi connectivity index (χ3v) is 4.92. The maximum Gasteiger partial charge on any atom is 0.293 e. The first-order valence-electron chi connectivity index (χ1n) is 8.95. The Morgan fingerprint density at radius 3 is 2.71 bits per heavy atom. The number of fused-ring (bicyclic) bond motifs is 1. The molecule has 1 saturated heterocycles. The molecule has 7 heteroatoms. The molecule has 0 aliphatic carbocycles. The number of aromatic amines is 1. The van der Waals surface area contributed by atoms with Crippen molar-refractivity contribution in [1.82, 2.24) is 10.3 Å². The van der Waals surface area contributed by atoms with Gasteiger partial charge in [-0.05, 0) is 36.8 Å². The Kier molecular flexibility index (Phi) is 4.57. The minimum atomic E-state index is -0.794. The largest absolute Gasteiger partial charge is 0.497 e. The molecule has 0 spiro atoms. The molecule has 2 heterocycles. The van der Waals surface area contributed by atoms with Crippen molar-refractivity contribution in [1.29, 1.82) is 0 Å². The number of methoxy groups -OCH3 is 1. The molecule has 1 aliphatic rings. The zero-order chi connectivity index (χ0) is 19.7. The summed E-state index contributed by atoms with van der Waals surface area (Å²) in [4.78, 5) is 42.4. The van der Waals surface area contributed by atoms with Crippen molar-refractivity contribution < 1.29 is 19.1 Å². The highest BCUT2D eigenvalue weighted by molar-refractivity contribution is 6.45. The van der Waals surface area contributed by atoms with E-state index < -0.39 is 17.7 Å². The topological polar surface area (TPSA) is 91.5 Å². The van der Waals surface area contributed by atoms with Gasteiger partial charge >= 0.3 is 0 Å². The Morgan fingerprint density at radius 2 is 1.96 bits per heavy atom. The first-order valence-corrected chi connectivity index (χ1v) is 8.95. The van der Waals surface area contributed by atoms with E-state index in [1.807, 2.05) is 30.3 Å². The smallest absolute Gasteiger partial charge is 0.293 e. The number of amides is 2. The number of carbonyl (C=O) groups is 3. The standard InChI is InChI=1S/C21H19N3O4/c1-28-14-7-8-17-15(11-14)16(12-22-17)19(25)20(26)23-18-9-10-24(21(18)27)13-5-3-2-4-6-13/h2-8,11-12,18,22H,9-10H2,1H3,(H,23,26). The monoisotopic (exact) mass is 377 g/mol. The summed E-state index contributed by atoms with van der Waals surface area (Å²) in [5.74, 6) is -1.11. The van der Waals surface area contributed by atoms with Gasteiger partial charge in [0.05, 0.1) is 12.7 Å². The molecular formula is C21H19N3O4. The van der Waals surface area contributed by atoms with Crippen molar-refractivity contribution in [2.24, 2.45) is 0 Å². The van der Waals surface area contributed by atoms with Gasteiger partial charge < -0.3 is 19.9 Å². The normalized spacial score (nSPS) is 16.4. The maximum atomic E-state index is 12.7. The number of aromatic nitrogens is 1. The molecule has 28 heavy (non-hydrogen) atoms. The van der Waals surface area contributed by atoms with Crippen LogP contribution in [0.1, 0.15) is 16.8 Å². The molecule has 0 saturated carbocycles. The van der Waals surface area contributed by atoms with Crippen molar-refractivity contribution in [3.05, 3.63) is 60.3 Å². The summed E-state index contributed by atoms with van der Waals surface area (Å²) < 4.78 is 5.19. The van der Waals surface area contributed by atoms with E-state index in [1.165, 1.54) is 13.3 Å². The summed E-state index contributed by atoms with van der Waals surface area (Å²) in [7, 11) is 1.53. The average Bonchev–Trinajstić information content (AvgIpc) is 3.31. The molecule has 4 rings (SSSR count).